The number of benzene rings is 2. The normalized spacial score (nSPS) is 11.5. The van der Waals surface area contributed by atoms with Gasteiger partial charge in [0.15, 0.2) is 5.78 Å². The van der Waals surface area contributed by atoms with Gasteiger partial charge in [-0.3, -0.25) is 14.9 Å². The van der Waals surface area contributed by atoms with Crippen molar-refractivity contribution in [1.82, 2.24) is 0 Å². The minimum atomic E-state index is -0.813. The molecule has 0 aliphatic heterocycles. The number of fused-ring (bicyclic) bond motifs is 1. The first-order valence-corrected chi connectivity index (χ1v) is 7.60. The van der Waals surface area contributed by atoms with E-state index in [1.54, 1.807) is 24.3 Å². The van der Waals surface area contributed by atoms with E-state index in [1.807, 2.05) is 0 Å². The van der Waals surface area contributed by atoms with Crippen LogP contribution in [0.4, 0.5) is 5.69 Å². The lowest BCUT2D eigenvalue weighted by Crippen LogP contribution is -2.09. The van der Waals surface area contributed by atoms with Gasteiger partial charge in [0.2, 0.25) is 0 Å². The lowest BCUT2D eigenvalue weighted by atomic mass is 9.96. The Kier molecular flexibility index (Phi) is 4.36. The number of nitro benzene ring substituents is 1. The molecular weight excluding hydrogens is 338 g/mol. The van der Waals surface area contributed by atoms with Gasteiger partial charge in [0.1, 0.15) is 16.9 Å². The van der Waals surface area contributed by atoms with Gasteiger partial charge < -0.3 is 9.52 Å². The van der Waals surface area contributed by atoms with Crippen molar-refractivity contribution in [2.45, 2.75) is 6.92 Å². The Morgan fingerprint density at radius 3 is 2.42 bits per heavy atom. The summed E-state index contributed by atoms with van der Waals surface area (Å²) >= 11 is 0. The SMILES string of the molecule is CC(=O)/C=C(/c1ccc([N+](=O)[O-])cc1)c1c(O)c2ccccc2oc1=O. The number of nitro groups is 1. The van der Waals surface area contributed by atoms with Crippen LogP contribution >= 0.6 is 0 Å². The third kappa shape index (κ3) is 3.10. The van der Waals surface area contributed by atoms with E-state index in [9.17, 15) is 24.8 Å². The standard InChI is InChI=1S/C19H13NO6/c1-11(21)10-15(12-6-8-13(9-7-12)20(24)25)17-18(22)14-4-2-3-5-16(14)26-19(17)23/h2-10,22H,1H3/b15-10-. The highest BCUT2D eigenvalue weighted by atomic mass is 16.6. The van der Waals surface area contributed by atoms with Gasteiger partial charge in [-0.1, -0.05) is 12.1 Å². The quantitative estimate of drug-likeness (QED) is 0.334. The van der Waals surface area contributed by atoms with E-state index in [-0.39, 0.29) is 33.9 Å². The van der Waals surface area contributed by atoms with Crippen LogP contribution in [-0.2, 0) is 4.79 Å². The van der Waals surface area contributed by atoms with E-state index in [2.05, 4.69) is 0 Å². The Morgan fingerprint density at radius 2 is 1.81 bits per heavy atom. The van der Waals surface area contributed by atoms with E-state index in [1.165, 1.54) is 37.3 Å². The molecule has 1 N–H and O–H groups in total. The molecule has 3 aromatic rings. The fourth-order valence-corrected chi connectivity index (χ4v) is 2.64. The summed E-state index contributed by atoms with van der Waals surface area (Å²) in [6, 6.07) is 11.8. The highest BCUT2D eigenvalue weighted by Crippen LogP contribution is 2.34. The summed E-state index contributed by atoms with van der Waals surface area (Å²) in [7, 11) is 0. The summed E-state index contributed by atoms with van der Waals surface area (Å²) < 4.78 is 5.24. The van der Waals surface area contributed by atoms with Crippen molar-refractivity contribution in [2.75, 3.05) is 0 Å². The fourth-order valence-electron chi connectivity index (χ4n) is 2.64. The van der Waals surface area contributed by atoms with Crippen LogP contribution in [-0.4, -0.2) is 15.8 Å². The number of carbonyl (C=O) groups is 1. The lowest BCUT2D eigenvalue weighted by molar-refractivity contribution is -0.384. The number of allylic oxidation sites excluding steroid dienone is 1. The molecule has 7 heteroatoms. The summed E-state index contributed by atoms with van der Waals surface area (Å²) in [4.78, 5) is 34.4. The van der Waals surface area contributed by atoms with E-state index in [0.29, 0.717) is 10.9 Å². The summed E-state index contributed by atoms with van der Waals surface area (Å²) in [6.45, 7) is 1.30. The molecule has 0 aliphatic rings. The van der Waals surface area contributed by atoms with E-state index < -0.39 is 10.5 Å². The van der Waals surface area contributed by atoms with Crippen molar-refractivity contribution in [3.8, 4) is 5.75 Å². The molecule has 0 bridgehead atoms. The minimum Gasteiger partial charge on any atom is -0.506 e. The molecule has 0 atom stereocenters. The van der Waals surface area contributed by atoms with Crippen LogP contribution < -0.4 is 5.63 Å². The first-order chi connectivity index (χ1) is 12.4. The first-order valence-electron chi connectivity index (χ1n) is 7.60. The number of hydrogen-bond donors (Lipinski definition) is 1. The van der Waals surface area contributed by atoms with Crippen LogP contribution in [0, 0.1) is 10.1 Å². The van der Waals surface area contributed by atoms with Crippen molar-refractivity contribution in [3.05, 3.63) is 86.3 Å². The number of non-ortho nitro benzene ring substituents is 1. The topological polar surface area (TPSA) is 111 Å². The molecule has 0 fully saturated rings. The second-order valence-electron chi connectivity index (χ2n) is 5.58. The van der Waals surface area contributed by atoms with Crippen LogP contribution in [0.3, 0.4) is 0 Å². The summed E-state index contributed by atoms with van der Waals surface area (Å²) in [5.41, 5.74) is -0.414. The van der Waals surface area contributed by atoms with Crippen molar-refractivity contribution < 1.29 is 19.2 Å². The van der Waals surface area contributed by atoms with Crippen molar-refractivity contribution in [1.29, 1.82) is 0 Å². The summed E-state index contributed by atoms with van der Waals surface area (Å²) in [6.07, 6.45) is 1.18. The maximum Gasteiger partial charge on any atom is 0.348 e. The molecular formula is C19H13NO6. The molecule has 0 unspecified atom stereocenters. The molecule has 0 saturated heterocycles. The molecule has 3 rings (SSSR count). The van der Waals surface area contributed by atoms with Crippen molar-refractivity contribution >= 4 is 28.0 Å². The molecule has 0 radical (unpaired) electrons. The van der Waals surface area contributed by atoms with Gasteiger partial charge >= 0.3 is 5.63 Å². The summed E-state index contributed by atoms with van der Waals surface area (Å²) in [5, 5.41) is 21.7. The highest BCUT2D eigenvalue weighted by Gasteiger charge is 2.20. The van der Waals surface area contributed by atoms with Crippen LogP contribution in [0.5, 0.6) is 5.75 Å². The second kappa shape index (κ2) is 6.64. The zero-order valence-electron chi connectivity index (χ0n) is 13.6. The van der Waals surface area contributed by atoms with Crippen LogP contribution in [0.25, 0.3) is 16.5 Å². The molecule has 0 spiro atoms. The Hall–Kier alpha value is -3.74. The van der Waals surface area contributed by atoms with E-state index in [4.69, 9.17) is 4.42 Å². The number of nitrogens with zero attached hydrogens (tertiary/aromatic N) is 1. The Balaban J connectivity index is 2.28. The van der Waals surface area contributed by atoms with Gasteiger partial charge in [-0.15, -0.1) is 0 Å². The molecule has 2 aromatic carbocycles. The second-order valence-corrected chi connectivity index (χ2v) is 5.58. The molecule has 1 aromatic heterocycles. The highest BCUT2D eigenvalue weighted by molar-refractivity contribution is 6.01. The Bertz CT molecular complexity index is 1110. The van der Waals surface area contributed by atoms with Crippen LogP contribution in [0.2, 0.25) is 0 Å². The smallest absolute Gasteiger partial charge is 0.348 e. The molecule has 0 aliphatic carbocycles. The maximum absolute atomic E-state index is 12.4. The number of aromatic hydroxyl groups is 1. The fraction of sp³-hybridized carbons (Fsp3) is 0.0526. The predicted molar refractivity (Wildman–Crippen MR) is 95.0 cm³/mol. The first kappa shape index (κ1) is 17.1. The largest absolute Gasteiger partial charge is 0.506 e. The third-order valence-electron chi connectivity index (χ3n) is 3.79. The van der Waals surface area contributed by atoms with Gasteiger partial charge in [-0.05, 0) is 42.8 Å². The summed E-state index contributed by atoms with van der Waals surface area (Å²) in [5.74, 6) is -0.673. The van der Waals surface area contributed by atoms with Gasteiger partial charge in [0.25, 0.3) is 5.69 Å². The number of para-hydroxylation sites is 1. The zero-order valence-corrected chi connectivity index (χ0v) is 13.6. The number of hydrogen-bond acceptors (Lipinski definition) is 6. The van der Waals surface area contributed by atoms with Gasteiger partial charge in [0, 0.05) is 17.7 Å². The average molecular weight is 351 g/mol. The van der Waals surface area contributed by atoms with E-state index >= 15 is 0 Å². The monoisotopic (exact) mass is 351 g/mol. The Morgan fingerprint density at radius 1 is 1.15 bits per heavy atom. The van der Waals surface area contributed by atoms with E-state index in [0.717, 1.165) is 0 Å². The number of rotatable bonds is 4. The van der Waals surface area contributed by atoms with Gasteiger partial charge in [-0.25, -0.2) is 4.79 Å². The molecule has 7 nitrogen and oxygen atoms in total. The third-order valence-corrected chi connectivity index (χ3v) is 3.79. The molecule has 130 valence electrons. The lowest BCUT2D eigenvalue weighted by Gasteiger charge is -2.10. The number of ketones is 1. The zero-order chi connectivity index (χ0) is 18.8. The van der Waals surface area contributed by atoms with Crippen molar-refractivity contribution in [2.24, 2.45) is 0 Å². The molecule has 1 heterocycles. The average Bonchev–Trinajstić information content (AvgIpc) is 2.60. The molecule has 26 heavy (non-hydrogen) atoms. The van der Waals surface area contributed by atoms with Crippen LogP contribution in [0.15, 0.2) is 63.8 Å². The van der Waals surface area contributed by atoms with Crippen LogP contribution in [0.1, 0.15) is 18.1 Å². The minimum absolute atomic E-state index is 0.129. The number of carbonyl (C=O) groups excluding carboxylic acids is 1. The van der Waals surface area contributed by atoms with Gasteiger partial charge in [0.05, 0.1) is 10.3 Å². The molecule has 0 saturated carbocycles. The van der Waals surface area contributed by atoms with Gasteiger partial charge in [-0.2, -0.15) is 0 Å². The Labute approximate surface area is 147 Å². The predicted octanol–water partition coefficient (Wildman–Crippen LogP) is 3.43. The van der Waals surface area contributed by atoms with Crippen molar-refractivity contribution in [3.63, 3.8) is 0 Å². The maximum atomic E-state index is 12.4. The molecule has 0 amide bonds.